The maximum Gasteiger partial charge on any atom is 0.413 e. The SMILES string of the molecule is NCC1=CC(c2ccccc2)Cc2c1ccc(OC(=O)NCc1ccccc1)c2OC(=O)NCc1ccccc1. The number of rotatable bonds is 8. The van der Waals surface area contributed by atoms with E-state index in [9.17, 15) is 9.59 Å². The molecular weight excluding hydrogens is 502 g/mol. The molecule has 1 unspecified atom stereocenters. The molecule has 0 aliphatic heterocycles. The molecule has 7 nitrogen and oxygen atoms in total. The lowest BCUT2D eigenvalue weighted by atomic mass is 9.80. The largest absolute Gasteiger partial charge is 0.413 e. The Bertz CT molecular complexity index is 1490. The van der Waals surface area contributed by atoms with E-state index in [4.69, 9.17) is 15.2 Å². The van der Waals surface area contributed by atoms with Crippen LogP contribution in [0, 0.1) is 0 Å². The highest BCUT2D eigenvalue weighted by Gasteiger charge is 2.28. The zero-order valence-corrected chi connectivity index (χ0v) is 22.0. The monoisotopic (exact) mass is 533 g/mol. The Morgan fingerprint density at radius 3 is 1.85 bits per heavy atom. The molecule has 202 valence electrons. The average Bonchev–Trinajstić information content (AvgIpc) is 3.01. The molecule has 5 rings (SSSR count). The summed E-state index contributed by atoms with van der Waals surface area (Å²) in [5.41, 5.74) is 11.7. The molecule has 0 saturated heterocycles. The summed E-state index contributed by atoms with van der Waals surface area (Å²) < 4.78 is 11.6. The summed E-state index contributed by atoms with van der Waals surface area (Å²) in [6.45, 7) is 0.908. The first-order valence-electron chi connectivity index (χ1n) is 13.2. The molecule has 2 amide bonds. The molecule has 1 aliphatic carbocycles. The van der Waals surface area contributed by atoms with Gasteiger partial charge in [0.15, 0.2) is 11.5 Å². The summed E-state index contributed by atoms with van der Waals surface area (Å²) in [6.07, 6.45) is 1.41. The van der Waals surface area contributed by atoms with Crippen LogP contribution in [0.15, 0.2) is 109 Å². The summed E-state index contributed by atoms with van der Waals surface area (Å²) in [4.78, 5) is 25.8. The average molecular weight is 534 g/mol. The summed E-state index contributed by atoms with van der Waals surface area (Å²) in [7, 11) is 0. The number of allylic oxidation sites excluding steroid dienone is 1. The highest BCUT2D eigenvalue weighted by Crippen LogP contribution is 2.43. The van der Waals surface area contributed by atoms with Gasteiger partial charge >= 0.3 is 12.2 Å². The van der Waals surface area contributed by atoms with Crippen LogP contribution in [0.1, 0.15) is 33.7 Å². The molecule has 0 fully saturated rings. The molecule has 1 aliphatic rings. The molecule has 40 heavy (non-hydrogen) atoms. The molecule has 0 saturated carbocycles. The van der Waals surface area contributed by atoms with Gasteiger partial charge in [-0.2, -0.15) is 0 Å². The third kappa shape index (κ3) is 6.57. The molecule has 0 heterocycles. The molecule has 0 bridgehead atoms. The highest BCUT2D eigenvalue weighted by molar-refractivity contribution is 5.81. The number of hydrogen-bond donors (Lipinski definition) is 3. The Balaban J connectivity index is 1.43. The normalized spacial score (nSPS) is 13.9. The van der Waals surface area contributed by atoms with E-state index in [1.54, 1.807) is 6.07 Å². The Morgan fingerprint density at radius 2 is 1.27 bits per heavy atom. The quantitative estimate of drug-likeness (QED) is 0.260. The molecule has 7 heteroatoms. The number of carbonyl (C=O) groups excluding carboxylic acids is 2. The molecular formula is C33H31N3O4. The fraction of sp³-hybridized carbons (Fsp3) is 0.152. The maximum atomic E-state index is 13.0. The van der Waals surface area contributed by atoms with Crippen LogP contribution in [0.4, 0.5) is 9.59 Å². The van der Waals surface area contributed by atoms with Gasteiger partial charge in [0.2, 0.25) is 0 Å². The van der Waals surface area contributed by atoms with Gasteiger partial charge < -0.3 is 25.8 Å². The van der Waals surface area contributed by atoms with Gasteiger partial charge in [-0.1, -0.05) is 103 Å². The fourth-order valence-corrected chi connectivity index (χ4v) is 4.81. The van der Waals surface area contributed by atoms with Gasteiger partial charge in [-0.05, 0) is 40.3 Å². The van der Waals surface area contributed by atoms with Crippen LogP contribution < -0.4 is 25.8 Å². The van der Waals surface area contributed by atoms with Crippen LogP contribution in [-0.4, -0.2) is 18.7 Å². The van der Waals surface area contributed by atoms with Crippen molar-refractivity contribution in [1.29, 1.82) is 0 Å². The van der Waals surface area contributed by atoms with E-state index < -0.39 is 12.2 Å². The van der Waals surface area contributed by atoms with Gasteiger partial charge in [-0.25, -0.2) is 9.59 Å². The minimum Gasteiger partial charge on any atom is -0.406 e. The summed E-state index contributed by atoms with van der Waals surface area (Å²) in [6, 6.07) is 32.7. The predicted molar refractivity (Wildman–Crippen MR) is 155 cm³/mol. The molecule has 4 N–H and O–H groups in total. The van der Waals surface area contributed by atoms with Crippen molar-refractivity contribution in [2.45, 2.75) is 25.4 Å². The van der Waals surface area contributed by atoms with Crippen LogP contribution in [-0.2, 0) is 19.5 Å². The Labute approximate surface area is 233 Å². The number of ether oxygens (including phenoxy) is 2. The van der Waals surface area contributed by atoms with Crippen molar-refractivity contribution in [1.82, 2.24) is 10.6 Å². The molecule has 0 spiro atoms. The van der Waals surface area contributed by atoms with Crippen molar-refractivity contribution >= 4 is 17.8 Å². The van der Waals surface area contributed by atoms with E-state index in [0.717, 1.165) is 33.4 Å². The number of fused-ring (bicyclic) bond motifs is 1. The van der Waals surface area contributed by atoms with Crippen molar-refractivity contribution in [2.24, 2.45) is 5.73 Å². The summed E-state index contributed by atoms with van der Waals surface area (Å²) in [5, 5.41) is 5.55. The van der Waals surface area contributed by atoms with E-state index in [1.807, 2.05) is 84.9 Å². The fourth-order valence-electron chi connectivity index (χ4n) is 4.81. The van der Waals surface area contributed by atoms with E-state index in [1.165, 1.54) is 0 Å². The van der Waals surface area contributed by atoms with E-state index in [0.29, 0.717) is 26.1 Å². The smallest absolute Gasteiger partial charge is 0.406 e. The highest BCUT2D eigenvalue weighted by atomic mass is 16.6. The second kappa shape index (κ2) is 12.8. The Kier molecular flexibility index (Phi) is 8.53. The van der Waals surface area contributed by atoms with Crippen molar-refractivity contribution in [3.05, 3.63) is 137 Å². The van der Waals surface area contributed by atoms with Crippen LogP contribution in [0.2, 0.25) is 0 Å². The first-order valence-corrected chi connectivity index (χ1v) is 13.2. The lowest BCUT2D eigenvalue weighted by Crippen LogP contribution is -2.29. The summed E-state index contributed by atoms with van der Waals surface area (Å²) >= 11 is 0. The first-order chi connectivity index (χ1) is 19.6. The Morgan fingerprint density at radius 1 is 0.725 bits per heavy atom. The molecule has 0 radical (unpaired) electrons. The second-order valence-corrected chi connectivity index (χ2v) is 9.49. The number of amides is 2. The van der Waals surface area contributed by atoms with Crippen LogP contribution >= 0.6 is 0 Å². The van der Waals surface area contributed by atoms with Gasteiger partial charge in [-0.3, -0.25) is 0 Å². The maximum absolute atomic E-state index is 13.0. The standard InChI is InChI=1S/C33H31N3O4/c34-20-27-18-26(25-14-8-3-9-15-25)19-29-28(27)16-17-30(39-32(37)35-21-23-10-4-1-5-11-23)31(29)40-33(38)36-22-24-12-6-2-7-13-24/h1-18,26H,19-22,34H2,(H,35,37)(H,36,38). The van der Waals surface area contributed by atoms with Crippen LogP contribution in [0.3, 0.4) is 0 Å². The third-order valence-corrected chi connectivity index (χ3v) is 6.80. The van der Waals surface area contributed by atoms with E-state index in [-0.39, 0.29) is 17.4 Å². The number of nitrogens with two attached hydrogens (primary N) is 1. The molecule has 4 aromatic carbocycles. The van der Waals surface area contributed by atoms with Crippen molar-refractivity contribution in [3.63, 3.8) is 0 Å². The lowest BCUT2D eigenvalue weighted by Gasteiger charge is -2.27. The number of nitrogens with one attached hydrogen (secondary N) is 2. The number of carbonyl (C=O) groups is 2. The summed E-state index contributed by atoms with van der Waals surface area (Å²) in [5.74, 6) is 0.381. The molecule has 4 aromatic rings. The minimum absolute atomic E-state index is 0.0177. The molecule has 0 aromatic heterocycles. The topological polar surface area (TPSA) is 103 Å². The van der Waals surface area contributed by atoms with E-state index in [2.05, 4.69) is 28.8 Å². The molecule has 1 atom stereocenters. The van der Waals surface area contributed by atoms with Crippen molar-refractivity contribution in [3.8, 4) is 11.5 Å². The lowest BCUT2D eigenvalue weighted by molar-refractivity contribution is 0.188. The van der Waals surface area contributed by atoms with Gasteiger partial charge in [0, 0.05) is 31.1 Å². The first kappa shape index (κ1) is 26.7. The van der Waals surface area contributed by atoms with Crippen molar-refractivity contribution < 1.29 is 19.1 Å². The Hall–Kier alpha value is -4.88. The minimum atomic E-state index is -0.650. The van der Waals surface area contributed by atoms with Crippen molar-refractivity contribution in [2.75, 3.05) is 6.54 Å². The van der Waals surface area contributed by atoms with Gasteiger partial charge in [-0.15, -0.1) is 0 Å². The number of benzene rings is 4. The number of hydrogen-bond acceptors (Lipinski definition) is 5. The van der Waals surface area contributed by atoms with Gasteiger partial charge in [0.05, 0.1) is 0 Å². The van der Waals surface area contributed by atoms with E-state index >= 15 is 0 Å². The second-order valence-electron chi connectivity index (χ2n) is 9.49. The predicted octanol–water partition coefficient (Wildman–Crippen LogP) is 5.95. The van der Waals surface area contributed by atoms with Gasteiger partial charge in [0.25, 0.3) is 0 Å². The third-order valence-electron chi connectivity index (χ3n) is 6.80. The van der Waals surface area contributed by atoms with Crippen LogP contribution in [0.5, 0.6) is 11.5 Å². The zero-order chi connectivity index (χ0) is 27.7. The van der Waals surface area contributed by atoms with Crippen LogP contribution in [0.25, 0.3) is 5.57 Å². The van der Waals surface area contributed by atoms with Gasteiger partial charge in [0.1, 0.15) is 0 Å². The zero-order valence-electron chi connectivity index (χ0n) is 22.0.